The third kappa shape index (κ3) is 2.44. The van der Waals surface area contributed by atoms with Gasteiger partial charge in [0.2, 0.25) is 0 Å². The second-order valence-electron chi connectivity index (χ2n) is 4.87. The first-order chi connectivity index (χ1) is 6.27. The minimum atomic E-state index is 0.827. The molecule has 0 aromatic carbocycles. The summed E-state index contributed by atoms with van der Waals surface area (Å²) in [5.74, 6) is 1.98. The summed E-state index contributed by atoms with van der Waals surface area (Å²) in [5.41, 5.74) is 0. The first-order valence-corrected chi connectivity index (χ1v) is 5.68. The monoisotopic (exact) mass is 182 g/mol. The summed E-state index contributed by atoms with van der Waals surface area (Å²) < 4.78 is 0. The van der Waals surface area contributed by atoms with Gasteiger partial charge in [0.25, 0.3) is 0 Å². The first kappa shape index (κ1) is 9.47. The summed E-state index contributed by atoms with van der Waals surface area (Å²) in [6.45, 7) is 6.19. The molecule has 2 aliphatic rings. The van der Waals surface area contributed by atoms with Crippen LogP contribution in [0, 0.1) is 11.8 Å². The van der Waals surface area contributed by atoms with Gasteiger partial charge < -0.3 is 10.2 Å². The Bertz CT molecular complexity index is 161. The number of hydrogen-bond acceptors (Lipinski definition) is 2. The van der Waals surface area contributed by atoms with Crippen LogP contribution < -0.4 is 5.32 Å². The van der Waals surface area contributed by atoms with Crippen molar-refractivity contribution >= 4 is 0 Å². The Hall–Kier alpha value is -0.0800. The van der Waals surface area contributed by atoms with Crippen LogP contribution in [0.1, 0.15) is 26.2 Å². The molecule has 0 spiro atoms. The van der Waals surface area contributed by atoms with E-state index in [0.717, 1.165) is 17.9 Å². The maximum absolute atomic E-state index is 3.33. The van der Waals surface area contributed by atoms with E-state index in [2.05, 4.69) is 24.2 Å². The SMILES string of the molecule is CC(C1CC1)N(C)CCC1CNC1. The Balaban J connectivity index is 1.61. The molecular weight excluding hydrogens is 160 g/mol. The van der Waals surface area contributed by atoms with Gasteiger partial charge in [0, 0.05) is 6.04 Å². The number of nitrogens with zero attached hydrogens (tertiary/aromatic N) is 1. The lowest BCUT2D eigenvalue weighted by molar-refractivity contribution is 0.201. The average Bonchev–Trinajstić information content (AvgIpc) is 2.82. The predicted molar refractivity (Wildman–Crippen MR) is 55.8 cm³/mol. The van der Waals surface area contributed by atoms with Crippen molar-refractivity contribution in [1.82, 2.24) is 10.2 Å². The van der Waals surface area contributed by atoms with E-state index in [0.29, 0.717) is 0 Å². The number of rotatable bonds is 5. The van der Waals surface area contributed by atoms with E-state index in [-0.39, 0.29) is 0 Å². The van der Waals surface area contributed by atoms with Gasteiger partial charge in [-0.15, -0.1) is 0 Å². The summed E-state index contributed by atoms with van der Waals surface area (Å²) in [5, 5.41) is 3.33. The van der Waals surface area contributed by atoms with Crippen LogP contribution in [-0.4, -0.2) is 37.6 Å². The Labute approximate surface area is 81.7 Å². The van der Waals surface area contributed by atoms with Crippen molar-refractivity contribution < 1.29 is 0 Å². The molecule has 76 valence electrons. The van der Waals surface area contributed by atoms with Crippen LogP contribution >= 0.6 is 0 Å². The molecule has 0 aromatic rings. The van der Waals surface area contributed by atoms with Gasteiger partial charge in [-0.3, -0.25) is 0 Å². The summed E-state index contributed by atoms with van der Waals surface area (Å²) in [6.07, 6.45) is 4.33. The molecule has 1 saturated carbocycles. The van der Waals surface area contributed by atoms with Crippen LogP contribution in [0.25, 0.3) is 0 Å². The minimum absolute atomic E-state index is 0.827. The highest BCUT2D eigenvalue weighted by Gasteiger charge is 2.30. The molecule has 1 saturated heterocycles. The third-order valence-electron chi connectivity index (χ3n) is 3.76. The molecule has 1 aliphatic carbocycles. The van der Waals surface area contributed by atoms with Gasteiger partial charge >= 0.3 is 0 Å². The fourth-order valence-electron chi connectivity index (χ4n) is 2.08. The molecule has 2 heteroatoms. The van der Waals surface area contributed by atoms with Crippen LogP contribution in [0.15, 0.2) is 0 Å². The van der Waals surface area contributed by atoms with Gasteiger partial charge in [0.1, 0.15) is 0 Å². The van der Waals surface area contributed by atoms with E-state index < -0.39 is 0 Å². The molecule has 0 bridgehead atoms. The summed E-state index contributed by atoms with van der Waals surface area (Å²) in [4.78, 5) is 2.55. The average molecular weight is 182 g/mol. The van der Waals surface area contributed by atoms with E-state index in [1.807, 2.05) is 0 Å². The topological polar surface area (TPSA) is 15.3 Å². The van der Waals surface area contributed by atoms with Crippen molar-refractivity contribution in [2.75, 3.05) is 26.7 Å². The van der Waals surface area contributed by atoms with Crippen molar-refractivity contribution in [3.05, 3.63) is 0 Å². The van der Waals surface area contributed by atoms with Crippen molar-refractivity contribution in [2.45, 2.75) is 32.2 Å². The van der Waals surface area contributed by atoms with Crippen LogP contribution in [-0.2, 0) is 0 Å². The normalized spacial score (nSPS) is 26.1. The zero-order chi connectivity index (χ0) is 9.26. The summed E-state index contributed by atoms with van der Waals surface area (Å²) in [7, 11) is 2.29. The molecule has 1 heterocycles. The van der Waals surface area contributed by atoms with E-state index in [1.165, 1.54) is 38.9 Å². The molecule has 2 nitrogen and oxygen atoms in total. The molecule has 13 heavy (non-hydrogen) atoms. The Morgan fingerprint density at radius 3 is 2.54 bits per heavy atom. The molecule has 1 atom stereocenters. The van der Waals surface area contributed by atoms with Gasteiger partial charge in [-0.25, -0.2) is 0 Å². The van der Waals surface area contributed by atoms with Crippen molar-refractivity contribution in [2.24, 2.45) is 11.8 Å². The molecule has 1 N–H and O–H groups in total. The summed E-state index contributed by atoms with van der Waals surface area (Å²) in [6, 6.07) is 0.827. The van der Waals surface area contributed by atoms with Crippen LogP contribution in [0.3, 0.4) is 0 Å². The highest BCUT2D eigenvalue weighted by atomic mass is 15.1. The van der Waals surface area contributed by atoms with Crippen molar-refractivity contribution in [3.8, 4) is 0 Å². The van der Waals surface area contributed by atoms with Crippen LogP contribution in [0.2, 0.25) is 0 Å². The zero-order valence-electron chi connectivity index (χ0n) is 8.92. The largest absolute Gasteiger partial charge is 0.316 e. The predicted octanol–water partition coefficient (Wildman–Crippen LogP) is 1.33. The Kier molecular flexibility index (Phi) is 2.89. The number of nitrogens with one attached hydrogen (secondary N) is 1. The van der Waals surface area contributed by atoms with E-state index >= 15 is 0 Å². The fraction of sp³-hybridized carbons (Fsp3) is 1.00. The van der Waals surface area contributed by atoms with Gasteiger partial charge in [0.05, 0.1) is 0 Å². The van der Waals surface area contributed by atoms with Crippen molar-refractivity contribution in [3.63, 3.8) is 0 Å². The second-order valence-corrected chi connectivity index (χ2v) is 4.87. The molecule has 0 aromatic heterocycles. The molecule has 0 radical (unpaired) electrons. The third-order valence-corrected chi connectivity index (χ3v) is 3.76. The van der Waals surface area contributed by atoms with Crippen LogP contribution in [0.4, 0.5) is 0 Å². The fourth-order valence-corrected chi connectivity index (χ4v) is 2.08. The van der Waals surface area contributed by atoms with E-state index in [1.54, 1.807) is 0 Å². The quantitative estimate of drug-likeness (QED) is 0.690. The lowest BCUT2D eigenvalue weighted by Crippen LogP contribution is -2.44. The highest BCUT2D eigenvalue weighted by molar-refractivity contribution is 4.85. The zero-order valence-corrected chi connectivity index (χ0v) is 8.92. The molecule has 0 amide bonds. The lowest BCUT2D eigenvalue weighted by atomic mass is 9.99. The number of hydrogen-bond donors (Lipinski definition) is 1. The minimum Gasteiger partial charge on any atom is -0.316 e. The Morgan fingerprint density at radius 1 is 1.38 bits per heavy atom. The molecule has 2 rings (SSSR count). The van der Waals surface area contributed by atoms with Gasteiger partial charge in [-0.1, -0.05) is 0 Å². The lowest BCUT2D eigenvalue weighted by Gasteiger charge is -2.31. The molecule has 1 aliphatic heterocycles. The van der Waals surface area contributed by atoms with Gasteiger partial charge in [-0.05, 0) is 64.7 Å². The smallest absolute Gasteiger partial charge is 0.00921 e. The maximum Gasteiger partial charge on any atom is 0.00921 e. The first-order valence-electron chi connectivity index (χ1n) is 5.68. The van der Waals surface area contributed by atoms with Gasteiger partial charge in [0.15, 0.2) is 0 Å². The summed E-state index contributed by atoms with van der Waals surface area (Å²) >= 11 is 0. The maximum atomic E-state index is 3.33. The highest BCUT2D eigenvalue weighted by Crippen LogP contribution is 2.34. The standard InChI is InChI=1S/C11H22N2/c1-9(11-3-4-11)13(2)6-5-10-7-12-8-10/h9-12H,3-8H2,1-2H3. The molecule has 1 unspecified atom stereocenters. The van der Waals surface area contributed by atoms with Crippen molar-refractivity contribution in [1.29, 1.82) is 0 Å². The van der Waals surface area contributed by atoms with E-state index in [9.17, 15) is 0 Å². The second kappa shape index (κ2) is 3.97. The molecule has 2 fully saturated rings. The Morgan fingerprint density at radius 2 is 2.08 bits per heavy atom. The van der Waals surface area contributed by atoms with Crippen LogP contribution in [0.5, 0.6) is 0 Å². The van der Waals surface area contributed by atoms with E-state index in [4.69, 9.17) is 0 Å². The van der Waals surface area contributed by atoms with Gasteiger partial charge in [-0.2, -0.15) is 0 Å². The molecular formula is C11H22N2.